The van der Waals surface area contributed by atoms with Gasteiger partial charge >= 0.3 is 0 Å². The van der Waals surface area contributed by atoms with Crippen LogP contribution in [0.5, 0.6) is 0 Å². The molecule has 0 amide bonds. The molecule has 0 N–H and O–H groups in total. The van der Waals surface area contributed by atoms with E-state index in [1.54, 1.807) is 0 Å². The molecule has 290 valence electrons. The second-order valence-electron chi connectivity index (χ2n) is 16.3. The molecule has 0 bridgehead atoms. The number of fused-ring (bicyclic) bond motifs is 4. The molecular weight excluding hydrogens is 757 g/mol. The molecule has 8 aromatic carbocycles. The van der Waals surface area contributed by atoms with Crippen LogP contribution in [0.2, 0.25) is 13.1 Å². The summed E-state index contributed by atoms with van der Waals surface area (Å²) in [5, 5.41) is 5.19. The van der Waals surface area contributed by atoms with E-state index in [0.717, 1.165) is 28.3 Å². The highest BCUT2D eigenvalue weighted by Gasteiger charge is 2.29. The molecule has 0 radical (unpaired) electrons. The number of para-hydroxylation sites is 4. The Morgan fingerprint density at radius 1 is 0.410 bits per heavy atom. The van der Waals surface area contributed by atoms with E-state index in [-0.39, 0.29) is 0 Å². The van der Waals surface area contributed by atoms with Crippen molar-refractivity contribution in [3.8, 4) is 50.6 Å². The minimum atomic E-state index is -2.24. The molecule has 0 atom stereocenters. The predicted octanol–water partition coefficient (Wildman–Crippen LogP) is 13.0. The van der Waals surface area contributed by atoms with Crippen LogP contribution in [0.15, 0.2) is 225 Å². The number of pyridine rings is 1. The number of aromatic nitrogens is 4. The monoisotopic (exact) mass is 799 g/mol. The van der Waals surface area contributed by atoms with Gasteiger partial charge in [0.2, 0.25) is 0 Å². The molecule has 0 spiro atoms. The molecule has 0 aliphatic rings. The first-order valence-electron chi connectivity index (χ1n) is 21.0. The smallest absolute Gasteiger partial charge is 0.168 e. The minimum Gasteiger partial charge on any atom is -0.294 e. The first-order valence-corrected chi connectivity index (χ1v) is 24.0. The topological polar surface area (TPSA) is 27.7 Å². The molecule has 0 fully saturated rings. The maximum atomic E-state index is 5.13. The largest absolute Gasteiger partial charge is 0.294 e. The predicted molar refractivity (Wildman–Crippen MR) is 259 cm³/mol. The summed E-state index contributed by atoms with van der Waals surface area (Å²) in [6.07, 6.45) is 4.20. The Morgan fingerprint density at radius 2 is 0.951 bits per heavy atom. The summed E-state index contributed by atoms with van der Waals surface area (Å²) in [6, 6.07) is 76.9. The fraction of sp³-hybridized carbons (Fsp3) is 0.0357. The van der Waals surface area contributed by atoms with Gasteiger partial charge in [-0.3, -0.25) is 4.57 Å². The van der Waals surface area contributed by atoms with Crippen molar-refractivity contribution in [3.05, 3.63) is 225 Å². The zero-order chi connectivity index (χ0) is 40.9. The summed E-state index contributed by atoms with van der Waals surface area (Å²) in [6.45, 7) is 4.95. The maximum absolute atomic E-state index is 5.13. The van der Waals surface area contributed by atoms with Crippen LogP contribution in [0.25, 0.3) is 83.4 Å². The van der Waals surface area contributed by atoms with Crippen LogP contribution in [0.3, 0.4) is 0 Å². The molecule has 5 heteroatoms. The van der Waals surface area contributed by atoms with Crippen molar-refractivity contribution < 1.29 is 0 Å². The zero-order valence-corrected chi connectivity index (χ0v) is 35.2. The average molecular weight is 800 g/mol. The molecular formula is C56H43N4Si+. The van der Waals surface area contributed by atoms with Crippen LogP contribution in [0, 0.1) is 0 Å². The van der Waals surface area contributed by atoms with Crippen molar-refractivity contribution in [2.24, 2.45) is 0 Å². The number of benzene rings is 8. The van der Waals surface area contributed by atoms with Gasteiger partial charge in [-0.2, -0.15) is 9.13 Å². The molecule has 0 saturated carbocycles. The van der Waals surface area contributed by atoms with Crippen molar-refractivity contribution in [3.63, 3.8) is 0 Å². The van der Waals surface area contributed by atoms with Gasteiger partial charge in [-0.25, -0.2) is 4.98 Å². The van der Waals surface area contributed by atoms with E-state index in [1.807, 2.05) is 6.20 Å². The standard InChI is InChI=1S/C56H43N4Si/c1-61(2,45-25-16-24-44(37-45)59-39-58(43-22-10-5-11-23-43)52-30-14-15-31-53(52)59)46-32-33-50-49-26-12-13-29-51(49)60(54(50)38-46)55-36-42(34-35-57-55)56-47(40-18-6-3-7-19-40)27-17-28-48(56)41-20-8-4-9-21-41/h3-39H,1-2H3/q+1. The Bertz CT molecular complexity index is 3330. The molecule has 11 aromatic rings. The fourth-order valence-electron chi connectivity index (χ4n) is 9.20. The van der Waals surface area contributed by atoms with Crippen LogP contribution in [0.1, 0.15) is 0 Å². The van der Waals surface area contributed by atoms with Gasteiger partial charge in [-0.15, -0.1) is 0 Å². The number of nitrogens with zero attached hydrogens (tertiary/aromatic N) is 4. The van der Waals surface area contributed by atoms with Gasteiger partial charge in [0.15, 0.2) is 17.4 Å². The minimum absolute atomic E-state index is 0.899. The van der Waals surface area contributed by atoms with E-state index in [4.69, 9.17) is 4.98 Å². The molecule has 0 saturated heterocycles. The van der Waals surface area contributed by atoms with Gasteiger partial charge in [-0.1, -0.05) is 170 Å². The van der Waals surface area contributed by atoms with Gasteiger partial charge in [0.25, 0.3) is 0 Å². The molecule has 0 aliphatic carbocycles. The molecule has 4 nitrogen and oxygen atoms in total. The summed E-state index contributed by atoms with van der Waals surface area (Å²) < 4.78 is 6.98. The summed E-state index contributed by atoms with van der Waals surface area (Å²) in [5.74, 6) is 0.899. The van der Waals surface area contributed by atoms with Gasteiger partial charge in [0.05, 0.1) is 11.0 Å². The highest BCUT2D eigenvalue weighted by atomic mass is 28.3. The Balaban J connectivity index is 1.05. The van der Waals surface area contributed by atoms with Crippen molar-refractivity contribution in [2.75, 3.05) is 0 Å². The Kier molecular flexibility index (Phi) is 8.91. The third-order valence-electron chi connectivity index (χ3n) is 12.4. The van der Waals surface area contributed by atoms with E-state index in [0.29, 0.717) is 0 Å². The second kappa shape index (κ2) is 14.9. The van der Waals surface area contributed by atoms with Gasteiger partial charge < -0.3 is 0 Å². The normalized spacial score (nSPS) is 11.8. The SMILES string of the molecule is C[Si](C)(c1cccc(-n2[cH+]n(-c3ccccc3)c3ccccc32)c1)c1ccc2c3ccccc3n(-c3cc(-c4c(-c5ccccc5)cccc4-c4ccccc4)ccn3)c2c1. The number of rotatable bonds is 8. The molecule has 11 rings (SSSR count). The van der Waals surface area contributed by atoms with E-state index in [2.05, 4.69) is 245 Å². The second-order valence-corrected chi connectivity index (χ2v) is 20.7. The number of hydrogen-bond donors (Lipinski definition) is 0. The average Bonchev–Trinajstić information content (AvgIpc) is 3.88. The van der Waals surface area contributed by atoms with Crippen LogP contribution in [-0.4, -0.2) is 26.8 Å². The molecule has 0 aliphatic heterocycles. The molecule has 0 unspecified atom stereocenters. The highest BCUT2D eigenvalue weighted by molar-refractivity contribution is 7.00. The fourth-order valence-corrected chi connectivity index (χ4v) is 11.6. The lowest BCUT2D eigenvalue weighted by molar-refractivity contribution is 1.01. The van der Waals surface area contributed by atoms with Crippen LogP contribution in [-0.2, 0) is 0 Å². The van der Waals surface area contributed by atoms with Crippen LogP contribution >= 0.6 is 0 Å². The zero-order valence-electron chi connectivity index (χ0n) is 34.2. The van der Waals surface area contributed by atoms with E-state index in [9.17, 15) is 0 Å². The van der Waals surface area contributed by atoms with Crippen molar-refractivity contribution in [1.82, 2.24) is 18.7 Å². The Labute approximate surface area is 356 Å². The lowest BCUT2D eigenvalue weighted by atomic mass is 9.88. The molecule has 3 aromatic heterocycles. The van der Waals surface area contributed by atoms with Crippen molar-refractivity contribution in [1.29, 1.82) is 0 Å². The third kappa shape index (κ3) is 6.30. The summed E-state index contributed by atoms with van der Waals surface area (Å²) >= 11 is 0. The summed E-state index contributed by atoms with van der Waals surface area (Å²) in [4.78, 5) is 5.13. The van der Waals surface area contributed by atoms with Crippen LogP contribution in [0.4, 0.5) is 0 Å². The van der Waals surface area contributed by atoms with E-state index >= 15 is 0 Å². The van der Waals surface area contributed by atoms with Crippen molar-refractivity contribution in [2.45, 2.75) is 13.1 Å². The first kappa shape index (κ1) is 36.5. The number of imidazole rings is 1. The third-order valence-corrected chi connectivity index (χ3v) is 15.9. The van der Waals surface area contributed by atoms with Crippen molar-refractivity contribution >= 4 is 51.3 Å². The van der Waals surface area contributed by atoms with E-state index < -0.39 is 8.07 Å². The molecule has 61 heavy (non-hydrogen) atoms. The van der Waals surface area contributed by atoms with E-state index in [1.165, 1.54) is 65.5 Å². The summed E-state index contributed by atoms with van der Waals surface area (Å²) in [7, 11) is -2.24. The quantitative estimate of drug-likeness (QED) is 0.111. The lowest BCUT2D eigenvalue weighted by Gasteiger charge is -2.24. The first-order chi connectivity index (χ1) is 30.0. The maximum Gasteiger partial charge on any atom is 0.168 e. The van der Waals surface area contributed by atoms with Crippen LogP contribution < -0.4 is 10.4 Å². The lowest BCUT2D eigenvalue weighted by Crippen LogP contribution is -2.52. The van der Waals surface area contributed by atoms with Gasteiger partial charge in [-0.05, 0) is 87.1 Å². The highest BCUT2D eigenvalue weighted by Crippen LogP contribution is 2.41. The van der Waals surface area contributed by atoms with Gasteiger partial charge in [0, 0.05) is 29.1 Å². The summed E-state index contributed by atoms with van der Waals surface area (Å²) in [5.41, 5.74) is 14.0. The Hall–Kier alpha value is -7.60. The number of hydrogen-bond acceptors (Lipinski definition) is 1. The molecule has 3 heterocycles. The Morgan fingerprint density at radius 3 is 1.64 bits per heavy atom. The van der Waals surface area contributed by atoms with Gasteiger partial charge in [0.1, 0.15) is 25.3 Å².